The molecule has 0 bridgehead atoms. The summed E-state index contributed by atoms with van der Waals surface area (Å²) >= 11 is 0. The highest BCUT2D eigenvalue weighted by atomic mass is 16.3. The van der Waals surface area contributed by atoms with Gasteiger partial charge in [-0.2, -0.15) is 5.10 Å². The maximum Gasteiger partial charge on any atom is 0.102 e. The molecule has 3 rings (SSSR count). The van der Waals surface area contributed by atoms with Crippen LogP contribution in [0.4, 0.5) is 5.69 Å². The Labute approximate surface area is 113 Å². The van der Waals surface area contributed by atoms with Crippen LogP contribution in [0.15, 0.2) is 36.7 Å². The van der Waals surface area contributed by atoms with Gasteiger partial charge in [0.05, 0.1) is 12.2 Å². The zero-order chi connectivity index (χ0) is 13.2. The van der Waals surface area contributed by atoms with Gasteiger partial charge in [-0.3, -0.25) is 4.68 Å². The van der Waals surface area contributed by atoms with Gasteiger partial charge in [-0.05, 0) is 31.4 Å². The van der Waals surface area contributed by atoms with Crippen LogP contribution in [0.25, 0.3) is 0 Å². The SMILES string of the molecule is CCn1cc(C(O)C2CCc3ccccc3N2)cn1. The van der Waals surface area contributed by atoms with Crippen LogP contribution in [-0.4, -0.2) is 20.9 Å². The number of aromatic nitrogens is 2. The molecular formula is C15H19N3O. The number of benzene rings is 1. The van der Waals surface area contributed by atoms with Gasteiger partial charge in [0.1, 0.15) is 6.10 Å². The predicted octanol–water partition coefficient (Wildman–Crippen LogP) is 2.36. The highest BCUT2D eigenvalue weighted by Crippen LogP contribution is 2.30. The lowest BCUT2D eigenvalue weighted by atomic mass is 9.93. The summed E-state index contributed by atoms with van der Waals surface area (Å²) in [6.07, 6.45) is 5.12. The average molecular weight is 257 g/mol. The Bertz CT molecular complexity index is 564. The van der Waals surface area contributed by atoms with Crippen LogP contribution in [0.2, 0.25) is 0 Å². The van der Waals surface area contributed by atoms with Gasteiger partial charge < -0.3 is 10.4 Å². The summed E-state index contributed by atoms with van der Waals surface area (Å²) in [6, 6.07) is 8.35. The number of hydrogen-bond acceptors (Lipinski definition) is 3. The fourth-order valence-corrected chi connectivity index (χ4v) is 2.64. The van der Waals surface area contributed by atoms with E-state index in [0.717, 1.165) is 30.6 Å². The van der Waals surface area contributed by atoms with Gasteiger partial charge >= 0.3 is 0 Å². The van der Waals surface area contributed by atoms with Crippen molar-refractivity contribution in [3.63, 3.8) is 0 Å². The zero-order valence-electron chi connectivity index (χ0n) is 11.1. The lowest BCUT2D eigenvalue weighted by Gasteiger charge is -2.30. The Morgan fingerprint density at radius 2 is 2.32 bits per heavy atom. The van der Waals surface area contributed by atoms with Crippen LogP contribution in [0, 0.1) is 0 Å². The van der Waals surface area contributed by atoms with Crippen molar-refractivity contribution in [3.05, 3.63) is 47.8 Å². The highest BCUT2D eigenvalue weighted by Gasteiger charge is 2.25. The molecule has 1 aromatic carbocycles. The first-order valence-corrected chi connectivity index (χ1v) is 6.83. The van der Waals surface area contributed by atoms with Crippen molar-refractivity contribution in [2.45, 2.75) is 38.5 Å². The first-order chi connectivity index (χ1) is 9.28. The molecule has 2 unspecified atom stereocenters. The summed E-state index contributed by atoms with van der Waals surface area (Å²) in [7, 11) is 0. The summed E-state index contributed by atoms with van der Waals surface area (Å²) in [5, 5.41) is 18.1. The largest absolute Gasteiger partial charge is 0.386 e. The second-order valence-corrected chi connectivity index (χ2v) is 5.02. The third-order valence-electron chi connectivity index (χ3n) is 3.78. The summed E-state index contributed by atoms with van der Waals surface area (Å²) < 4.78 is 1.84. The number of aliphatic hydroxyl groups is 1. The summed E-state index contributed by atoms with van der Waals surface area (Å²) in [4.78, 5) is 0. The molecule has 19 heavy (non-hydrogen) atoms. The Kier molecular flexibility index (Phi) is 3.25. The minimum absolute atomic E-state index is 0.0596. The fraction of sp³-hybridized carbons (Fsp3) is 0.400. The van der Waals surface area contributed by atoms with Gasteiger partial charge in [0.15, 0.2) is 0 Å². The van der Waals surface area contributed by atoms with E-state index in [4.69, 9.17) is 0 Å². The Hall–Kier alpha value is -1.81. The molecule has 4 nitrogen and oxygen atoms in total. The molecule has 2 heterocycles. The first-order valence-electron chi connectivity index (χ1n) is 6.83. The quantitative estimate of drug-likeness (QED) is 0.887. The molecule has 0 radical (unpaired) electrons. The van der Waals surface area contributed by atoms with Crippen molar-refractivity contribution in [1.29, 1.82) is 0 Å². The van der Waals surface area contributed by atoms with E-state index in [1.54, 1.807) is 6.20 Å². The molecule has 1 aliphatic rings. The number of rotatable bonds is 3. The lowest BCUT2D eigenvalue weighted by Crippen LogP contribution is -2.31. The molecule has 0 saturated heterocycles. The van der Waals surface area contributed by atoms with Crippen molar-refractivity contribution in [2.75, 3.05) is 5.32 Å². The highest BCUT2D eigenvalue weighted by molar-refractivity contribution is 5.54. The number of fused-ring (bicyclic) bond motifs is 1. The molecule has 0 fully saturated rings. The third-order valence-corrected chi connectivity index (χ3v) is 3.78. The van der Waals surface area contributed by atoms with Crippen LogP contribution >= 0.6 is 0 Å². The van der Waals surface area contributed by atoms with Gasteiger partial charge in [-0.15, -0.1) is 0 Å². The Morgan fingerprint density at radius 3 is 3.11 bits per heavy atom. The zero-order valence-corrected chi connectivity index (χ0v) is 11.1. The van der Waals surface area contributed by atoms with Gasteiger partial charge in [-0.25, -0.2) is 0 Å². The predicted molar refractivity (Wildman–Crippen MR) is 75.0 cm³/mol. The van der Waals surface area contributed by atoms with Crippen molar-refractivity contribution in [3.8, 4) is 0 Å². The molecule has 100 valence electrons. The number of para-hydroxylation sites is 1. The van der Waals surface area contributed by atoms with Crippen molar-refractivity contribution >= 4 is 5.69 Å². The van der Waals surface area contributed by atoms with Crippen LogP contribution < -0.4 is 5.32 Å². The molecule has 0 spiro atoms. The fourth-order valence-electron chi connectivity index (χ4n) is 2.64. The number of aliphatic hydroxyl groups excluding tert-OH is 1. The van der Waals surface area contributed by atoms with Crippen molar-refractivity contribution < 1.29 is 5.11 Å². The summed E-state index contributed by atoms with van der Waals surface area (Å²) in [5.74, 6) is 0. The topological polar surface area (TPSA) is 50.1 Å². The van der Waals surface area contributed by atoms with Crippen LogP contribution in [-0.2, 0) is 13.0 Å². The Morgan fingerprint density at radius 1 is 1.47 bits per heavy atom. The average Bonchev–Trinajstić information content (AvgIpc) is 2.95. The maximum atomic E-state index is 10.5. The number of anilines is 1. The molecule has 0 amide bonds. The number of aryl methyl sites for hydroxylation is 2. The second-order valence-electron chi connectivity index (χ2n) is 5.02. The normalized spacial score (nSPS) is 19.6. The maximum absolute atomic E-state index is 10.5. The van der Waals surface area contributed by atoms with Gasteiger partial charge in [0.25, 0.3) is 0 Å². The van der Waals surface area contributed by atoms with E-state index in [1.807, 2.05) is 23.9 Å². The summed E-state index contributed by atoms with van der Waals surface area (Å²) in [5.41, 5.74) is 3.36. The van der Waals surface area contributed by atoms with Crippen molar-refractivity contribution in [2.24, 2.45) is 0 Å². The van der Waals surface area contributed by atoms with Crippen LogP contribution in [0.5, 0.6) is 0 Å². The van der Waals surface area contributed by atoms with Gasteiger partial charge in [0, 0.05) is 24.0 Å². The number of nitrogens with one attached hydrogen (secondary N) is 1. The smallest absolute Gasteiger partial charge is 0.102 e. The monoisotopic (exact) mass is 257 g/mol. The molecule has 2 N–H and O–H groups in total. The minimum atomic E-state index is -0.506. The molecule has 2 aromatic rings. The van der Waals surface area contributed by atoms with Crippen molar-refractivity contribution in [1.82, 2.24) is 9.78 Å². The third kappa shape index (κ3) is 2.36. The number of nitrogens with zero attached hydrogens (tertiary/aromatic N) is 2. The van der Waals surface area contributed by atoms with Crippen LogP contribution in [0.3, 0.4) is 0 Å². The Balaban J connectivity index is 1.77. The molecule has 1 aromatic heterocycles. The second kappa shape index (κ2) is 5.05. The van der Waals surface area contributed by atoms with E-state index in [9.17, 15) is 5.11 Å². The molecular weight excluding hydrogens is 238 g/mol. The minimum Gasteiger partial charge on any atom is -0.386 e. The van der Waals surface area contributed by atoms with E-state index in [0.29, 0.717) is 0 Å². The molecule has 2 atom stereocenters. The summed E-state index contributed by atoms with van der Waals surface area (Å²) in [6.45, 7) is 2.87. The van der Waals surface area contributed by atoms with E-state index in [-0.39, 0.29) is 6.04 Å². The van der Waals surface area contributed by atoms with E-state index in [2.05, 4.69) is 28.6 Å². The molecule has 0 saturated carbocycles. The van der Waals surface area contributed by atoms with Crippen LogP contribution in [0.1, 0.15) is 30.6 Å². The standard InChI is InChI=1S/C15H19N3O/c1-2-18-10-12(9-16-18)15(19)14-8-7-11-5-3-4-6-13(11)17-14/h3-6,9-10,14-15,17,19H,2,7-8H2,1H3. The molecule has 0 aliphatic carbocycles. The van der Waals surface area contributed by atoms with Gasteiger partial charge in [-0.1, -0.05) is 18.2 Å². The van der Waals surface area contributed by atoms with E-state index >= 15 is 0 Å². The van der Waals surface area contributed by atoms with E-state index in [1.165, 1.54) is 5.56 Å². The molecule has 1 aliphatic heterocycles. The van der Waals surface area contributed by atoms with E-state index < -0.39 is 6.10 Å². The lowest BCUT2D eigenvalue weighted by molar-refractivity contribution is 0.149. The first kappa shape index (κ1) is 12.2. The van der Waals surface area contributed by atoms with Gasteiger partial charge in [0.2, 0.25) is 0 Å². The molecule has 4 heteroatoms. The number of hydrogen-bond donors (Lipinski definition) is 2.